The fraction of sp³-hybridized carbons (Fsp3) is 0.600. The lowest BCUT2D eigenvalue weighted by Gasteiger charge is -2.37. The van der Waals surface area contributed by atoms with Crippen molar-refractivity contribution in [1.82, 2.24) is 0 Å². The fourth-order valence-electron chi connectivity index (χ4n) is 1.33. The van der Waals surface area contributed by atoms with Crippen LogP contribution in [0.1, 0.15) is 0 Å². The second-order valence-electron chi connectivity index (χ2n) is 4.80. The van der Waals surface area contributed by atoms with Crippen molar-refractivity contribution in [3.8, 4) is 0 Å². The van der Waals surface area contributed by atoms with E-state index in [1.807, 2.05) is 0 Å². The third kappa shape index (κ3) is 2.75. The zero-order valence-corrected chi connectivity index (χ0v) is 11.0. The zero-order valence-electron chi connectivity index (χ0n) is 8.98. The van der Waals surface area contributed by atoms with Crippen LogP contribution in [0.15, 0.2) is 25.3 Å². The Kier molecular flexibility index (Phi) is 4.21. The summed E-state index contributed by atoms with van der Waals surface area (Å²) in [6.45, 7) is 17.7. The summed E-state index contributed by atoms with van der Waals surface area (Å²) < 4.78 is 0. The molecule has 0 radical (unpaired) electrons. The summed E-state index contributed by atoms with van der Waals surface area (Å²) in [5.41, 5.74) is 0. The summed E-state index contributed by atoms with van der Waals surface area (Å²) in [6, 6.07) is 2.52. The van der Waals surface area contributed by atoms with E-state index in [2.05, 4.69) is 51.5 Å². The lowest BCUT2D eigenvalue weighted by Crippen LogP contribution is -2.53. The first-order valence-corrected chi connectivity index (χ1v) is 12.0. The fourth-order valence-corrected chi connectivity index (χ4v) is 8.54. The molecule has 0 rings (SSSR count). The van der Waals surface area contributed by atoms with Crippen molar-refractivity contribution in [2.24, 2.45) is 0 Å². The molecule has 0 bridgehead atoms. The SMILES string of the molecule is C=CC[Si](C)(CC=C)[Si](C)(C)C. The predicted octanol–water partition coefficient (Wildman–Crippen LogP) is 3.85. The maximum Gasteiger partial charge on any atom is 0.0514 e. The minimum atomic E-state index is -1.05. The molecule has 0 aromatic heterocycles. The number of allylic oxidation sites excluding steroid dienone is 2. The molecule has 0 heterocycles. The van der Waals surface area contributed by atoms with Gasteiger partial charge in [0, 0.05) is 7.59 Å². The Morgan fingerprint density at radius 2 is 1.25 bits per heavy atom. The Balaban J connectivity index is 4.59. The Morgan fingerprint density at radius 3 is 1.42 bits per heavy atom. The van der Waals surface area contributed by atoms with Gasteiger partial charge in [-0.3, -0.25) is 0 Å². The molecular weight excluding hydrogens is 176 g/mol. The van der Waals surface area contributed by atoms with Gasteiger partial charge in [-0.15, -0.1) is 13.2 Å². The Labute approximate surface area is 79.2 Å². The maximum absolute atomic E-state index is 3.86. The molecule has 0 saturated heterocycles. The Hall–Kier alpha value is -0.0862. The second kappa shape index (κ2) is 4.24. The first-order valence-electron chi connectivity index (χ1n) is 4.59. The van der Waals surface area contributed by atoms with E-state index in [4.69, 9.17) is 0 Å². The van der Waals surface area contributed by atoms with Crippen molar-refractivity contribution in [3.05, 3.63) is 25.3 Å². The number of hydrogen-bond acceptors (Lipinski definition) is 0. The summed E-state index contributed by atoms with van der Waals surface area (Å²) in [5.74, 6) is 0. The first-order chi connectivity index (χ1) is 5.37. The van der Waals surface area contributed by atoms with E-state index in [0.29, 0.717) is 0 Å². The van der Waals surface area contributed by atoms with Crippen molar-refractivity contribution in [2.45, 2.75) is 38.3 Å². The molecule has 0 aliphatic carbocycles. The Bertz CT molecular complexity index is 155. The highest BCUT2D eigenvalue weighted by atomic mass is 29.3. The van der Waals surface area contributed by atoms with E-state index < -0.39 is 15.2 Å². The minimum Gasteiger partial charge on any atom is -0.103 e. The number of hydrogen-bond donors (Lipinski definition) is 0. The predicted molar refractivity (Wildman–Crippen MR) is 65.0 cm³/mol. The zero-order chi connectivity index (χ0) is 9.83. The lowest BCUT2D eigenvalue weighted by molar-refractivity contribution is 1.46. The summed E-state index contributed by atoms with van der Waals surface area (Å²) >= 11 is 0. The molecular formula is C10H22Si2. The third-order valence-electron chi connectivity index (χ3n) is 3.00. The minimum absolute atomic E-state index is 0.956. The van der Waals surface area contributed by atoms with E-state index in [1.54, 1.807) is 0 Å². The Morgan fingerprint density at radius 1 is 0.917 bits per heavy atom. The van der Waals surface area contributed by atoms with Gasteiger partial charge in [0.05, 0.1) is 7.59 Å². The topological polar surface area (TPSA) is 0 Å². The van der Waals surface area contributed by atoms with E-state index in [1.165, 1.54) is 12.1 Å². The van der Waals surface area contributed by atoms with Crippen LogP contribution >= 0.6 is 0 Å². The van der Waals surface area contributed by atoms with Crippen molar-refractivity contribution >= 4 is 15.2 Å². The lowest BCUT2D eigenvalue weighted by atomic mass is 10.7. The molecule has 0 nitrogen and oxygen atoms in total. The molecule has 0 atom stereocenters. The third-order valence-corrected chi connectivity index (χ3v) is 21.1. The van der Waals surface area contributed by atoms with Crippen molar-refractivity contribution in [3.63, 3.8) is 0 Å². The van der Waals surface area contributed by atoms with Gasteiger partial charge in [0.25, 0.3) is 0 Å². The molecule has 2 heteroatoms. The smallest absolute Gasteiger partial charge is 0.0514 e. The molecule has 0 aromatic carbocycles. The summed E-state index contributed by atoms with van der Waals surface area (Å²) in [4.78, 5) is 0. The van der Waals surface area contributed by atoms with Crippen LogP contribution in [0.4, 0.5) is 0 Å². The van der Waals surface area contributed by atoms with Crippen LogP contribution < -0.4 is 0 Å². The monoisotopic (exact) mass is 198 g/mol. The molecule has 0 fully saturated rings. The van der Waals surface area contributed by atoms with Crippen LogP contribution in [-0.2, 0) is 0 Å². The van der Waals surface area contributed by atoms with Crippen molar-refractivity contribution in [2.75, 3.05) is 0 Å². The van der Waals surface area contributed by atoms with Crippen LogP contribution in [0.2, 0.25) is 38.3 Å². The molecule has 0 amide bonds. The largest absolute Gasteiger partial charge is 0.103 e. The van der Waals surface area contributed by atoms with Crippen LogP contribution in [0.25, 0.3) is 0 Å². The van der Waals surface area contributed by atoms with Crippen LogP contribution in [0.5, 0.6) is 0 Å². The van der Waals surface area contributed by atoms with Gasteiger partial charge in [-0.2, -0.15) is 0 Å². The van der Waals surface area contributed by atoms with Gasteiger partial charge in [-0.25, -0.2) is 0 Å². The standard InChI is InChI=1S/C10H22Si2/c1-7-9-12(6,10-8-2)11(3,4)5/h7-8H,1-2,9-10H2,3-6H3. The molecule has 0 N–H and O–H groups in total. The average molecular weight is 198 g/mol. The number of rotatable bonds is 5. The van der Waals surface area contributed by atoms with E-state index in [-0.39, 0.29) is 0 Å². The van der Waals surface area contributed by atoms with Crippen molar-refractivity contribution in [1.29, 1.82) is 0 Å². The highest BCUT2D eigenvalue weighted by molar-refractivity contribution is 7.41. The van der Waals surface area contributed by atoms with Gasteiger partial charge in [0.1, 0.15) is 0 Å². The molecule has 0 saturated carbocycles. The van der Waals surface area contributed by atoms with E-state index in [9.17, 15) is 0 Å². The molecule has 0 aliphatic heterocycles. The highest BCUT2D eigenvalue weighted by Crippen LogP contribution is 2.27. The summed E-state index contributed by atoms with van der Waals surface area (Å²) in [5, 5.41) is 0. The van der Waals surface area contributed by atoms with Gasteiger partial charge in [-0.1, -0.05) is 38.3 Å². The molecule has 0 aromatic rings. The highest BCUT2D eigenvalue weighted by Gasteiger charge is 2.38. The van der Waals surface area contributed by atoms with E-state index in [0.717, 1.165) is 0 Å². The van der Waals surface area contributed by atoms with Gasteiger partial charge >= 0.3 is 0 Å². The van der Waals surface area contributed by atoms with Crippen LogP contribution in [-0.4, -0.2) is 15.2 Å². The summed E-state index contributed by atoms with van der Waals surface area (Å²) in [6.07, 6.45) is 4.21. The van der Waals surface area contributed by atoms with Gasteiger partial charge in [0.15, 0.2) is 0 Å². The normalized spacial score (nSPS) is 12.7. The van der Waals surface area contributed by atoms with Gasteiger partial charge in [0.2, 0.25) is 0 Å². The van der Waals surface area contributed by atoms with Gasteiger partial charge < -0.3 is 0 Å². The molecule has 0 spiro atoms. The van der Waals surface area contributed by atoms with Crippen LogP contribution in [0.3, 0.4) is 0 Å². The molecule has 0 aliphatic rings. The maximum atomic E-state index is 3.86. The molecule has 12 heavy (non-hydrogen) atoms. The molecule has 0 unspecified atom stereocenters. The van der Waals surface area contributed by atoms with Crippen molar-refractivity contribution < 1.29 is 0 Å². The summed E-state index contributed by atoms with van der Waals surface area (Å²) in [7, 11) is -2.00. The average Bonchev–Trinajstić information content (AvgIpc) is 1.86. The quantitative estimate of drug-likeness (QED) is 0.465. The first kappa shape index (κ1) is 11.9. The molecule has 70 valence electrons. The van der Waals surface area contributed by atoms with E-state index >= 15 is 0 Å². The van der Waals surface area contributed by atoms with Gasteiger partial charge in [-0.05, 0) is 12.1 Å². The van der Waals surface area contributed by atoms with Crippen LogP contribution in [0, 0.1) is 0 Å². The second-order valence-corrected chi connectivity index (χ2v) is 21.4.